The molecule has 2 aromatic heterocycles. The molecule has 0 spiro atoms. The predicted octanol–water partition coefficient (Wildman–Crippen LogP) is 1.12. The van der Waals surface area contributed by atoms with E-state index < -0.39 is 6.10 Å². The van der Waals surface area contributed by atoms with Crippen molar-refractivity contribution in [1.29, 1.82) is 0 Å². The minimum Gasteiger partial charge on any atom is -0.391 e. The highest BCUT2D eigenvalue weighted by molar-refractivity contribution is 5.92. The van der Waals surface area contributed by atoms with Crippen molar-refractivity contribution in [1.82, 2.24) is 15.0 Å². The summed E-state index contributed by atoms with van der Waals surface area (Å²) in [5.41, 5.74) is 1.24. The third-order valence-corrected chi connectivity index (χ3v) is 4.23. The smallest absolute Gasteiger partial charge is 0.272 e. The summed E-state index contributed by atoms with van der Waals surface area (Å²) in [6.07, 6.45) is 0.167. The van der Waals surface area contributed by atoms with Crippen molar-refractivity contribution in [3.63, 3.8) is 0 Å². The maximum atomic E-state index is 12.1. The number of aliphatic hydroxyl groups is 1. The SMILES string of the molecule is Cc1cc(C[C@@H]2CN(c3cccc(C(=O)N(C)C)n3)C[C@H]2O)on1. The van der Waals surface area contributed by atoms with E-state index in [0.717, 1.165) is 11.5 Å². The maximum Gasteiger partial charge on any atom is 0.272 e. The molecule has 2 atom stereocenters. The number of β-amino-alcohol motifs (C(OH)–C–C–N with tert-alkyl or cyclic N) is 1. The second-order valence-corrected chi connectivity index (χ2v) is 6.45. The van der Waals surface area contributed by atoms with Crippen molar-refractivity contribution in [3.05, 3.63) is 41.4 Å². The molecule has 24 heavy (non-hydrogen) atoms. The molecule has 0 radical (unpaired) electrons. The van der Waals surface area contributed by atoms with Crippen molar-refractivity contribution in [2.45, 2.75) is 19.4 Å². The highest BCUT2D eigenvalue weighted by Crippen LogP contribution is 2.26. The quantitative estimate of drug-likeness (QED) is 0.904. The lowest BCUT2D eigenvalue weighted by atomic mass is 10.0. The van der Waals surface area contributed by atoms with E-state index in [1.54, 1.807) is 20.2 Å². The van der Waals surface area contributed by atoms with Crippen molar-refractivity contribution in [2.24, 2.45) is 5.92 Å². The predicted molar refractivity (Wildman–Crippen MR) is 88.9 cm³/mol. The molecule has 128 valence electrons. The molecular formula is C17H22N4O3. The number of aromatic nitrogens is 2. The molecule has 0 aliphatic carbocycles. The first-order valence-corrected chi connectivity index (χ1v) is 7.98. The van der Waals surface area contributed by atoms with Crippen molar-refractivity contribution in [3.8, 4) is 0 Å². The van der Waals surface area contributed by atoms with Crippen LogP contribution < -0.4 is 4.90 Å². The standard InChI is InChI=1S/C17H22N4O3/c1-11-7-13(24-19-11)8-12-9-21(10-15(12)22)16-6-4-5-14(18-16)17(23)20(2)3/h4-7,12,15,22H,8-10H2,1-3H3/t12-,15-/m1/s1. The number of hydrogen-bond donors (Lipinski definition) is 1. The third kappa shape index (κ3) is 3.41. The van der Waals surface area contributed by atoms with Gasteiger partial charge < -0.3 is 19.4 Å². The lowest BCUT2D eigenvalue weighted by molar-refractivity contribution is 0.0822. The number of aryl methyl sites for hydroxylation is 1. The van der Waals surface area contributed by atoms with E-state index in [0.29, 0.717) is 31.0 Å². The normalized spacial score (nSPS) is 20.4. The number of amides is 1. The van der Waals surface area contributed by atoms with Crippen LogP contribution in [0.5, 0.6) is 0 Å². The first kappa shape index (κ1) is 16.4. The fraction of sp³-hybridized carbons (Fsp3) is 0.471. The summed E-state index contributed by atoms with van der Waals surface area (Å²) < 4.78 is 5.25. The molecule has 1 saturated heterocycles. The van der Waals surface area contributed by atoms with Crippen LogP contribution in [0.2, 0.25) is 0 Å². The van der Waals surface area contributed by atoms with Crippen LogP contribution in [-0.2, 0) is 6.42 Å². The summed E-state index contributed by atoms with van der Waals surface area (Å²) in [4.78, 5) is 20.0. The highest BCUT2D eigenvalue weighted by Gasteiger charge is 2.33. The van der Waals surface area contributed by atoms with E-state index in [1.807, 2.05) is 30.0 Å². The zero-order chi connectivity index (χ0) is 17.3. The lowest BCUT2D eigenvalue weighted by Gasteiger charge is -2.18. The van der Waals surface area contributed by atoms with Crippen LogP contribution in [0, 0.1) is 12.8 Å². The van der Waals surface area contributed by atoms with E-state index in [9.17, 15) is 9.90 Å². The van der Waals surface area contributed by atoms with E-state index in [4.69, 9.17) is 4.52 Å². The zero-order valence-electron chi connectivity index (χ0n) is 14.1. The Kier molecular flexibility index (Phi) is 4.53. The van der Waals surface area contributed by atoms with E-state index in [-0.39, 0.29) is 11.8 Å². The van der Waals surface area contributed by atoms with Gasteiger partial charge in [-0.2, -0.15) is 0 Å². The molecule has 3 rings (SSSR count). The molecule has 1 fully saturated rings. The topological polar surface area (TPSA) is 82.7 Å². The van der Waals surface area contributed by atoms with Crippen LogP contribution in [0.1, 0.15) is 21.9 Å². The molecule has 1 amide bonds. The molecule has 2 aromatic rings. The van der Waals surface area contributed by atoms with Gasteiger partial charge in [0.05, 0.1) is 11.8 Å². The van der Waals surface area contributed by atoms with Gasteiger partial charge in [0.1, 0.15) is 17.3 Å². The number of hydrogen-bond acceptors (Lipinski definition) is 6. The largest absolute Gasteiger partial charge is 0.391 e. The molecule has 0 aromatic carbocycles. The molecule has 1 aliphatic rings. The number of pyridine rings is 1. The van der Waals surface area contributed by atoms with Gasteiger partial charge >= 0.3 is 0 Å². The maximum absolute atomic E-state index is 12.1. The molecule has 7 heteroatoms. The van der Waals surface area contributed by atoms with Gasteiger partial charge in [0, 0.05) is 45.6 Å². The zero-order valence-corrected chi connectivity index (χ0v) is 14.1. The Morgan fingerprint density at radius 3 is 2.88 bits per heavy atom. The number of aliphatic hydroxyl groups excluding tert-OH is 1. The van der Waals surface area contributed by atoms with Gasteiger partial charge in [-0.25, -0.2) is 4.98 Å². The molecule has 0 unspecified atom stereocenters. The Morgan fingerprint density at radius 1 is 1.42 bits per heavy atom. The Balaban J connectivity index is 1.72. The van der Waals surface area contributed by atoms with Crippen LogP contribution in [0.25, 0.3) is 0 Å². The number of carbonyl (C=O) groups is 1. The molecule has 3 heterocycles. The summed E-state index contributed by atoms with van der Waals surface area (Å²) in [6.45, 7) is 3.03. The average Bonchev–Trinajstić information content (AvgIpc) is 3.13. The van der Waals surface area contributed by atoms with Crippen molar-refractivity contribution >= 4 is 11.7 Å². The lowest BCUT2D eigenvalue weighted by Crippen LogP contribution is -2.26. The van der Waals surface area contributed by atoms with Crippen LogP contribution >= 0.6 is 0 Å². The first-order valence-electron chi connectivity index (χ1n) is 7.98. The van der Waals surface area contributed by atoms with Crippen LogP contribution in [0.3, 0.4) is 0 Å². The van der Waals surface area contributed by atoms with E-state index in [2.05, 4.69) is 10.1 Å². The minimum atomic E-state index is -0.467. The van der Waals surface area contributed by atoms with Gasteiger partial charge in [-0.05, 0) is 19.1 Å². The van der Waals surface area contributed by atoms with Crippen LogP contribution in [0.4, 0.5) is 5.82 Å². The van der Waals surface area contributed by atoms with Crippen molar-refractivity contribution < 1.29 is 14.4 Å². The van der Waals surface area contributed by atoms with Gasteiger partial charge in [0.15, 0.2) is 0 Å². The fourth-order valence-electron chi connectivity index (χ4n) is 2.96. The Morgan fingerprint density at radius 2 is 2.21 bits per heavy atom. The molecule has 1 N–H and O–H groups in total. The Hall–Kier alpha value is -2.41. The number of rotatable bonds is 4. The molecular weight excluding hydrogens is 308 g/mol. The minimum absolute atomic E-state index is 0.0485. The first-order chi connectivity index (χ1) is 11.4. The number of nitrogens with zero attached hydrogens (tertiary/aromatic N) is 4. The van der Waals surface area contributed by atoms with Crippen LogP contribution in [-0.4, -0.2) is 59.3 Å². The summed E-state index contributed by atoms with van der Waals surface area (Å²) in [5, 5.41) is 14.2. The third-order valence-electron chi connectivity index (χ3n) is 4.23. The number of anilines is 1. The second kappa shape index (κ2) is 6.60. The van der Waals surface area contributed by atoms with Gasteiger partial charge in [-0.15, -0.1) is 0 Å². The Labute approximate surface area is 140 Å². The summed E-state index contributed by atoms with van der Waals surface area (Å²) >= 11 is 0. The molecule has 1 aliphatic heterocycles. The summed E-state index contributed by atoms with van der Waals surface area (Å²) in [5.74, 6) is 1.40. The number of carbonyl (C=O) groups excluding carboxylic acids is 1. The van der Waals surface area contributed by atoms with Gasteiger partial charge in [-0.3, -0.25) is 4.79 Å². The average molecular weight is 330 g/mol. The molecule has 0 bridgehead atoms. The van der Waals surface area contributed by atoms with E-state index in [1.165, 1.54) is 4.90 Å². The van der Waals surface area contributed by atoms with E-state index >= 15 is 0 Å². The van der Waals surface area contributed by atoms with Crippen LogP contribution in [0.15, 0.2) is 28.8 Å². The Bertz CT molecular complexity index is 728. The van der Waals surface area contributed by atoms with Crippen molar-refractivity contribution in [2.75, 3.05) is 32.1 Å². The van der Waals surface area contributed by atoms with Gasteiger partial charge in [0.25, 0.3) is 5.91 Å². The highest BCUT2D eigenvalue weighted by atomic mass is 16.5. The summed E-state index contributed by atoms with van der Waals surface area (Å²) in [6, 6.07) is 7.27. The van der Waals surface area contributed by atoms with Gasteiger partial charge in [0.2, 0.25) is 0 Å². The monoisotopic (exact) mass is 330 g/mol. The molecule has 7 nitrogen and oxygen atoms in total. The second-order valence-electron chi connectivity index (χ2n) is 6.45. The van der Waals surface area contributed by atoms with Gasteiger partial charge in [-0.1, -0.05) is 11.2 Å². The summed E-state index contributed by atoms with van der Waals surface area (Å²) in [7, 11) is 3.40. The fourth-order valence-corrected chi connectivity index (χ4v) is 2.96. The molecule has 0 saturated carbocycles.